The molecule has 0 radical (unpaired) electrons. The smallest absolute Gasteiger partial charge is 0.460 e. The van der Waals surface area contributed by atoms with Crippen LogP contribution in [0.15, 0.2) is 70.0 Å². The quantitative estimate of drug-likeness (QED) is 0.440. The summed E-state index contributed by atoms with van der Waals surface area (Å²) in [7, 11) is 1.62. The molecule has 8 heteroatoms. The van der Waals surface area contributed by atoms with E-state index in [0.717, 1.165) is 28.6 Å². The number of rotatable bonds is 5. The van der Waals surface area contributed by atoms with E-state index in [4.69, 9.17) is 10.5 Å². The van der Waals surface area contributed by atoms with Crippen LogP contribution < -0.4 is 21.5 Å². The lowest BCUT2D eigenvalue weighted by atomic mass is 10.0. The number of nitrogens with zero attached hydrogens (tertiary/aromatic N) is 1. The summed E-state index contributed by atoms with van der Waals surface area (Å²) in [5.41, 5.74) is 9.49. The molecular weight excluding hydrogens is 375 g/mol. The molecule has 4 N–H and O–H groups in total. The molecule has 0 fully saturated rings. The molecule has 7 nitrogen and oxygen atoms in total. The molecular formula is C21H17FN4O3. The summed E-state index contributed by atoms with van der Waals surface area (Å²) >= 11 is 0. The summed E-state index contributed by atoms with van der Waals surface area (Å²) in [6.45, 7) is 0. The first-order valence-electron chi connectivity index (χ1n) is 8.70. The standard InChI is InChI=1S/C21H17FN4O3/c1-28-15-7-5-12(6-8-15)13-3-2-4-14(9-13)24-19-10-16(17(22)11-18(19)23)20-25-21(27)29-26-20/h2-11,24H,23H2,1H3,(H,25,26,27). The Morgan fingerprint density at radius 3 is 2.59 bits per heavy atom. The Hall–Kier alpha value is -4.07. The number of hydrogen-bond donors (Lipinski definition) is 3. The van der Waals surface area contributed by atoms with Crippen LogP contribution in [0.25, 0.3) is 22.5 Å². The maximum absolute atomic E-state index is 14.3. The van der Waals surface area contributed by atoms with Gasteiger partial charge in [-0.15, -0.1) is 0 Å². The molecule has 29 heavy (non-hydrogen) atoms. The zero-order valence-corrected chi connectivity index (χ0v) is 15.4. The minimum Gasteiger partial charge on any atom is -0.497 e. The van der Waals surface area contributed by atoms with E-state index in [-0.39, 0.29) is 17.1 Å². The first-order chi connectivity index (χ1) is 14.0. The Bertz CT molecular complexity index is 1220. The second-order valence-electron chi connectivity index (χ2n) is 6.28. The van der Waals surface area contributed by atoms with Gasteiger partial charge in [-0.05, 0) is 47.5 Å². The van der Waals surface area contributed by atoms with Crippen molar-refractivity contribution in [3.63, 3.8) is 0 Å². The number of nitrogens with one attached hydrogen (secondary N) is 2. The van der Waals surface area contributed by atoms with Crippen molar-refractivity contribution in [2.24, 2.45) is 0 Å². The predicted molar refractivity (Wildman–Crippen MR) is 109 cm³/mol. The molecule has 146 valence electrons. The van der Waals surface area contributed by atoms with Gasteiger partial charge in [-0.3, -0.25) is 0 Å². The third kappa shape index (κ3) is 3.81. The highest BCUT2D eigenvalue weighted by molar-refractivity contribution is 5.79. The summed E-state index contributed by atoms with van der Waals surface area (Å²) in [6, 6.07) is 18.0. The van der Waals surface area contributed by atoms with Gasteiger partial charge in [0.25, 0.3) is 0 Å². The van der Waals surface area contributed by atoms with Gasteiger partial charge in [0, 0.05) is 5.69 Å². The predicted octanol–water partition coefficient (Wildman–Crippen LogP) is 4.17. The molecule has 0 aliphatic rings. The maximum atomic E-state index is 14.3. The second kappa shape index (κ2) is 7.51. The van der Waals surface area contributed by atoms with Crippen molar-refractivity contribution in [3.05, 3.63) is 77.0 Å². The van der Waals surface area contributed by atoms with Crippen LogP contribution in [-0.4, -0.2) is 17.3 Å². The van der Waals surface area contributed by atoms with Crippen molar-refractivity contribution < 1.29 is 13.7 Å². The molecule has 1 aromatic heterocycles. The van der Waals surface area contributed by atoms with Gasteiger partial charge in [-0.2, -0.15) is 10.1 Å². The van der Waals surface area contributed by atoms with Gasteiger partial charge < -0.3 is 20.3 Å². The molecule has 0 unspecified atom stereocenters. The Kier molecular flexibility index (Phi) is 4.74. The Labute approximate surface area is 164 Å². The van der Waals surface area contributed by atoms with Crippen molar-refractivity contribution in [3.8, 4) is 28.3 Å². The molecule has 0 bridgehead atoms. The molecule has 0 aliphatic heterocycles. The highest BCUT2D eigenvalue weighted by atomic mass is 19.1. The van der Waals surface area contributed by atoms with Crippen molar-refractivity contribution in [1.82, 2.24) is 10.1 Å². The number of H-pyrrole nitrogens is 1. The molecule has 0 amide bonds. The number of anilines is 3. The molecule has 4 rings (SSSR count). The minimum absolute atomic E-state index is 0.0115. The Balaban J connectivity index is 1.66. The number of benzene rings is 3. The fraction of sp³-hybridized carbons (Fsp3) is 0.0476. The van der Waals surface area contributed by atoms with Crippen LogP contribution in [-0.2, 0) is 0 Å². The molecule has 0 spiro atoms. The number of aromatic amines is 1. The van der Waals surface area contributed by atoms with Gasteiger partial charge in [-0.25, -0.2) is 9.18 Å². The summed E-state index contributed by atoms with van der Waals surface area (Å²) in [5, 5.41) is 5.48. The van der Waals surface area contributed by atoms with E-state index in [1.54, 1.807) is 7.11 Å². The maximum Gasteiger partial charge on any atom is 0.460 e. The van der Waals surface area contributed by atoms with Crippen LogP contribution in [0.1, 0.15) is 0 Å². The van der Waals surface area contributed by atoms with E-state index in [2.05, 4.69) is 20.0 Å². The summed E-state index contributed by atoms with van der Waals surface area (Å²) in [5.74, 6) is -0.689. The second-order valence-corrected chi connectivity index (χ2v) is 6.28. The highest BCUT2D eigenvalue weighted by Crippen LogP contribution is 2.32. The third-order valence-electron chi connectivity index (χ3n) is 4.40. The number of nitrogen functional groups attached to an aromatic ring is 1. The molecule has 0 atom stereocenters. The minimum atomic E-state index is -0.835. The lowest BCUT2D eigenvalue weighted by molar-refractivity contribution is 0.387. The van der Waals surface area contributed by atoms with Crippen LogP contribution in [0.4, 0.5) is 21.5 Å². The lowest BCUT2D eigenvalue weighted by Crippen LogP contribution is -2.00. The van der Waals surface area contributed by atoms with Crippen molar-refractivity contribution in [1.29, 1.82) is 0 Å². The summed E-state index contributed by atoms with van der Waals surface area (Å²) in [4.78, 5) is 14.7. The van der Waals surface area contributed by atoms with Crippen LogP contribution >= 0.6 is 0 Å². The van der Waals surface area contributed by atoms with E-state index >= 15 is 0 Å². The van der Waals surface area contributed by atoms with Gasteiger partial charge in [0.1, 0.15) is 11.6 Å². The number of halogens is 1. The van der Waals surface area contributed by atoms with Crippen LogP contribution in [0.5, 0.6) is 5.75 Å². The monoisotopic (exact) mass is 392 g/mol. The largest absolute Gasteiger partial charge is 0.497 e. The van der Waals surface area contributed by atoms with Gasteiger partial charge in [0.15, 0.2) is 5.82 Å². The van der Waals surface area contributed by atoms with Crippen molar-refractivity contribution in [2.75, 3.05) is 18.2 Å². The zero-order valence-electron chi connectivity index (χ0n) is 15.4. The number of methoxy groups -OCH3 is 1. The SMILES string of the molecule is COc1ccc(-c2cccc(Nc3cc(-c4nc(=O)o[nH]4)c(F)cc3N)c2)cc1. The number of ether oxygens (including phenoxy) is 1. The van der Waals surface area contributed by atoms with Crippen molar-refractivity contribution in [2.45, 2.75) is 0 Å². The highest BCUT2D eigenvalue weighted by Gasteiger charge is 2.14. The van der Waals surface area contributed by atoms with Crippen LogP contribution in [0, 0.1) is 5.82 Å². The van der Waals surface area contributed by atoms with Gasteiger partial charge in [-0.1, -0.05) is 24.3 Å². The van der Waals surface area contributed by atoms with E-state index in [9.17, 15) is 9.18 Å². The fourth-order valence-electron chi connectivity index (χ4n) is 2.94. The zero-order chi connectivity index (χ0) is 20.4. The normalized spacial score (nSPS) is 10.7. The van der Waals surface area contributed by atoms with Gasteiger partial charge >= 0.3 is 5.76 Å². The molecule has 4 aromatic rings. The fourth-order valence-corrected chi connectivity index (χ4v) is 2.94. The molecule has 0 saturated carbocycles. The molecule has 0 saturated heterocycles. The molecule has 3 aromatic carbocycles. The average Bonchev–Trinajstić information content (AvgIpc) is 3.16. The Morgan fingerprint density at radius 2 is 1.90 bits per heavy atom. The first-order valence-corrected chi connectivity index (χ1v) is 8.70. The van der Waals surface area contributed by atoms with Gasteiger partial charge in [0.05, 0.1) is 24.0 Å². The third-order valence-corrected chi connectivity index (χ3v) is 4.40. The number of hydrogen-bond acceptors (Lipinski definition) is 6. The lowest BCUT2D eigenvalue weighted by Gasteiger charge is -2.13. The van der Waals surface area contributed by atoms with E-state index < -0.39 is 11.6 Å². The first kappa shape index (κ1) is 18.3. The van der Waals surface area contributed by atoms with E-state index in [0.29, 0.717) is 5.69 Å². The number of nitrogens with two attached hydrogens (primary N) is 1. The Morgan fingerprint density at radius 1 is 1.10 bits per heavy atom. The van der Waals surface area contributed by atoms with Crippen molar-refractivity contribution >= 4 is 17.1 Å². The molecule has 0 aliphatic carbocycles. The average molecular weight is 392 g/mol. The summed E-state index contributed by atoms with van der Waals surface area (Å²) in [6.07, 6.45) is 0. The van der Waals surface area contributed by atoms with E-state index in [1.165, 1.54) is 6.07 Å². The summed E-state index contributed by atoms with van der Waals surface area (Å²) < 4.78 is 24.0. The van der Waals surface area contributed by atoms with Gasteiger partial charge in [0.2, 0.25) is 0 Å². The topological polar surface area (TPSA) is 106 Å². The van der Waals surface area contributed by atoms with Crippen LogP contribution in [0.2, 0.25) is 0 Å². The number of aromatic nitrogens is 2. The molecule has 1 heterocycles. The van der Waals surface area contributed by atoms with Crippen LogP contribution in [0.3, 0.4) is 0 Å². The van der Waals surface area contributed by atoms with E-state index in [1.807, 2.05) is 48.5 Å².